The first-order valence-corrected chi connectivity index (χ1v) is 9.27. The third kappa shape index (κ3) is 3.61. The third-order valence-electron chi connectivity index (χ3n) is 5.28. The summed E-state index contributed by atoms with van der Waals surface area (Å²) in [5, 5.41) is 10.9. The van der Waals surface area contributed by atoms with Crippen LogP contribution in [0.1, 0.15) is 40.7 Å². The number of rotatable bonds is 5. The van der Waals surface area contributed by atoms with Crippen LogP contribution in [0.15, 0.2) is 42.5 Å². The van der Waals surface area contributed by atoms with Crippen LogP contribution in [0.2, 0.25) is 0 Å². The van der Waals surface area contributed by atoms with Gasteiger partial charge in [-0.1, -0.05) is 18.2 Å². The third-order valence-corrected chi connectivity index (χ3v) is 5.28. The van der Waals surface area contributed by atoms with Crippen LogP contribution in [-0.2, 0) is 22.7 Å². The molecule has 1 aliphatic heterocycles. The average molecular weight is 394 g/mol. The molecule has 2 aliphatic rings. The van der Waals surface area contributed by atoms with Crippen molar-refractivity contribution in [1.29, 1.82) is 0 Å². The molecule has 8 nitrogen and oxygen atoms in total. The maximum absolute atomic E-state index is 12.8. The predicted molar refractivity (Wildman–Crippen MR) is 101 cm³/mol. The van der Waals surface area contributed by atoms with E-state index in [4.69, 9.17) is 4.74 Å². The lowest BCUT2D eigenvalue weighted by Crippen LogP contribution is -2.44. The van der Waals surface area contributed by atoms with E-state index in [9.17, 15) is 24.5 Å². The summed E-state index contributed by atoms with van der Waals surface area (Å²) < 4.78 is 5.86. The molecule has 2 aromatic rings. The second-order valence-electron chi connectivity index (χ2n) is 7.17. The van der Waals surface area contributed by atoms with Crippen LogP contribution in [0.5, 0.6) is 5.75 Å². The quantitative estimate of drug-likeness (QED) is 0.438. The van der Waals surface area contributed by atoms with Crippen LogP contribution in [0.3, 0.4) is 0 Å². The van der Waals surface area contributed by atoms with Crippen molar-refractivity contribution in [2.45, 2.75) is 38.5 Å². The van der Waals surface area contributed by atoms with Gasteiger partial charge < -0.3 is 9.64 Å². The number of fused-ring (bicyclic) bond motifs is 1. The molecule has 0 saturated heterocycles. The van der Waals surface area contributed by atoms with Gasteiger partial charge in [0.25, 0.3) is 11.6 Å². The number of ketones is 2. The molecule has 2 aromatic carbocycles. The van der Waals surface area contributed by atoms with Gasteiger partial charge in [-0.05, 0) is 24.1 Å². The molecule has 1 heterocycles. The predicted octanol–water partition coefficient (Wildman–Crippen LogP) is 2.82. The van der Waals surface area contributed by atoms with Gasteiger partial charge in [0, 0.05) is 29.7 Å². The average Bonchev–Trinajstić information content (AvgIpc) is 3.04. The van der Waals surface area contributed by atoms with E-state index in [1.165, 1.54) is 17.0 Å². The van der Waals surface area contributed by atoms with Gasteiger partial charge in [-0.2, -0.15) is 0 Å². The lowest BCUT2D eigenvalue weighted by atomic mass is 9.92. The Morgan fingerprint density at radius 3 is 2.69 bits per heavy atom. The molecule has 4 rings (SSSR count). The zero-order valence-corrected chi connectivity index (χ0v) is 15.5. The van der Waals surface area contributed by atoms with Gasteiger partial charge in [-0.15, -0.1) is 0 Å². The number of amides is 1. The first-order chi connectivity index (χ1) is 13.9. The molecule has 1 fully saturated rings. The van der Waals surface area contributed by atoms with Crippen molar-refractivity contribution in [3.63, 3.8) is 0 Å². The topological polar surface area (TPSA) is 107 Å². The van der Waals surface area contributed by atoms with Crippen LogP contribution < -0.4 is 4.74 Å². The summed E-state index contributed by atoms with van der Waals surface area (Å²) >= 11 is 0. The molecule has 0 N–H and O–H groups in total. The molecule has 148 valence electrons. The number of ether oxygens (including phenoxy) is 1. The lowest BCUT2D eigenvalue weighted by molar-refractivity contribution is -0.384. The number of hydrogen-bond donors (Lipinski definition) is 0. The molecule has 29 heavy (non-hydrogen) atoms. The van der Waals surface area contributed by atoms with Crippen LogP contribution in [0.25, 0.3) is 0 Å². The monoisotopic (exact) mass is 394 g/mol. The molecular formula is C21H18N2O6. The molecule has 1 unspecified atom stereocenters. The first kappa shape index (κ1) is 18.8. The number of non-ortho nitro benzene ring substituents is 1. The van der Waals surface area contributed by atoms with Crippen LogP contribution in [0, 0.1) is 10.1 Å². The number of nitro benzene ring substituents is 1. The van der Waals surface area contributed by atoms with Gasteiger partial charge in [0.15, 0.2) is 5.78 Å². The number of hydrogen-bond acceptors (Lipinski definition) is 6. The summed E-state index contributed by atoms with van der Waals surface area (Å²) in [7, 11) is 0. The SMILES string of the molecule is O=C1CCC(N2Cc3c(OCc4cccc([N+](=O)[O-])c4)cccc3C2=O)C(=O)C1. The second-order valence-corrected chi connectivity index (χ2v) is 7.17. The van der Waals surface area contributed by atoms with Crippen molar-refractivity contribution in [2.24, 2.45) is 0 Å². The summed E-state index contributed by atoms with van der Waals surface area (Å²) in [6.07, 6.45) is 0.523. The summed E-state index contributed by atoms with van der Waals surface area (Å²) in [5.41, 5.74) is 1.79. The lowest BCUT2D eigenvalue weighted by Gasteiger charge is -2.29. The van der Waals surface area contributed by atoms with Crippen LogP contribution in [0.4, 0.5) is 5.69 Å². The Balaban J connectivity index is 1.53. The molecule has 1 aliphatic carbocycles. The fraction of sp³-hybridized carbons (Fsp3) is 0.286. The van der Waals surface area contributed by atoms with Crippen LogP contribution in [-0.4, -0.2) is 33.3 Å². The van der Waals surface area contributed by atoms with Crippen LogP contribution >= 0.6 is 0 Å². The summed E-state index contributed by atoms with van der Waals surface area (Å²) in [6.45, 7) is 0.354. The summed E-state index contributed by atoms with van der Waals surface area (Å²) in [5.74, 6) is -0.0458. The molecule has 1 amide bonds. The Morgan fingerprint density at radius 2 is 1.93 bits per heavy atom. The molecule has 0 radical (unpaired) electrons. The highest BCUT2D eigenvalue weighted by Crippen LogP contribution is 2.34. The number of benzene rings is 2. The number of carbonyl (C=O) groups excluding carboxylic acids is 3. The second kappa shape index (κ2) is 7.46. The molecule has 1 saturated carbocycles. The number of nitrogens with zero attached hydrogens (tertiary/aromatic N) is 2. The van der Waals surface area contributed by atoms with E-state index in [2.05, 4.69) is 0 Å². The fourth-order valence-electron chi connectivity index (χ4n) is 3.82. The Kier molecular flexibility index (Phi) is 4.84. The van der Waals surface area contributed by atoms with E-state index in [0.29, 0.717) is 35.3 Å². The molecular weight excluding hydrogens is 376 g/mol. The van der Waals surface area contributed by atoms with Gasteiger partial charge in [-0.25, -0.2) is 0 Å². The number of carbonyl (C=O) groups is 3. The molecule has 0 aromatic heterocycles. The van der Waals surface area contributed by atoms with E-state index in [1.54, 1.807) is 30.3 Å². The van der Waals surface area contributed by atoms with Crippen molar-refractivity contribution in [2.75, 3.05) is 0 Å². The number of Topliss-reactive ketones (excluding diaryl/α,β-unsaturated/α-hetero) is 2. The van der Waals surface area contributed by atoms with E-state index < -0.39 is 11.0 Å². The Morgan fingerprint density at radius 1 is 1.14 bits per heavy atom. The largest absolute Gasteiger partial charge is 0.489 e. The fourth-order valence-corrected chi connectivity index (χ4v) is 3.82. The maximum Gasteiger partial charge on any atom is 0.269 e. The van der Waals surface area contributed by atoms with Gasteiger partial charge >= 0.3 is 0 Å². The Hall–Kier alpha value is -3.55. The summed E-state index contributed by atoms with van der Waals surface area (Å²) in [6, 6.07) is 10.7. The molecule has 0 spiro atoms. The van der Waals surface area contributed by atoms with E-state index in [-0.39, 0.29) is 42.7 Å². The van der Waals surface area contributed by atoms with Crippen molar-refractivity contribution < 1.29 is 24.0 Å². The minimum absolute atomic E-state index is 0.0175. The van der Waals surface area contributed by atoms with Gasteiger partial charge in [0.2, 0.25) is 0 Å². The molecule has 1 atom stereocenters. The number of nitro groups is 1. The maximum atomic E-state index is 12.8. The minimum atomic E-state index is -0.586. The van der Waals surface area contributed by atoms with E-state index in [1.807, 2.05) is 0 Å². The standard InChI is InChI=1S/C21H18N2O6/c24-15-7-8-18(19(25)10-15)22-11-17-16(21(22)26)5-2-6-20(17)29-12-13-3-1-4-14(9-13)23(27)28/h1-6,9,18H,7-8,10-12H2. The van der Waals surface area contributed by atoms with Crippen molar-refractivity contribution >= 4 is 23.2 Å². The van der Waals surface area contributed by atoms with Crippen molar-refractivity contribution in [1.82, 2.24) is 4.90 Å². The van der Waals surface area contributed by atoms with Gasteiger partial charge in [0.05, 0.1) is 23.9 Å². The highest BCUT2D eigenvalue weighted by molar-refractivity contribution is 6.07. The highest BCUT2D eigenvalue weighted by Gasteiger charge is 2.39. The van der Waals surface area contributed by atoms with Crippen molar-refractivity contribution in [3.05, 3.63) is 69.3 Å². The zero-order valence-electron chi connectivity index (χ0n) is 15.5. The normalized spacial score (nSPS) is 18.7. The van der Waals surface area contributed by atoms with Gasteiger partial charge in [0.1, 0.15) is 18.1 Å². The molecule has 0 bridgehead atoms. The smallest absolute Gasteiger partial charge is 0.269 e. The first-order valence-electron chi connectivity index (χ1n) is 9.27. The van der Waals surface area contributed by atoms with E-state index in [0.717, 1.165) is 0 Å². The summed E-state index contributed by atoms with van der Waals surface area (Å²) in [4.78, 5) is 48.6. The zero-order chi connectivity index (χ0) is 20.5. The minimum Gasteiger partial charge on any atom is -0.489 e. The molecule has 8 heteroatoms. The van der Waals surface area contributed by atoms with E-state index >= 15 is 0 Å². The highest BCUT2D eigenvalue weighted by atomic mass is 16.6. The Labute approximate surface area is 166 Å². The van der Waals surface area contributed by atoms with Gasteiger partial charge in [-0.3, -0.25) is 24.5 Å². The van der Waals surface area contributed by atoms with Crippen molar-refractivity contribution in [3.8, 4) is 5.75 Å². The Bertz CT molecular complexity index is 1030.